The van der Waals surface area contributed by atoms with Crippen LogP contribution < -0.4 is 5.32 Å². The second kappa shape index (κ2) is 6.68. The average Bonchev–Trinajstić information content (AvgIpc) is 2.48. The lowest BCUT2D eigenvalue weighted by atomic mass is 10.3. The lowest BCUT2D eigenvalue weighted by Crippen LogP contribution is -2.21. The van der Waals surface area contributed by atoms with Gasteiger partial charge in [0.2, 0.25) is 0 Å². The third-order valence-corrected chi connectivity index (χ3v) is 2.71. The molecule has 0 radical (unpaired) electrons. The Morgan fingerprint density at radius 3 is 2.70 bits per heavy atom. The number of amides is 1. The molecule has 0 saturated carbocycles. The first-order valence-corrected chi connectivity index (χ1v) is 6.16. The quantitative estimate of drug-likeness (QED) is 0.879. The van der Waals surface area contributed by atoms with E-state index in [4.69, 9.17) is 16.3 Å². The zero-order chi connectivity index (χ0) is 14.4. The fourth-order valence-electron chi connectivity index (χ4n) is 1.45. The second-order valence-corrected chi connectivity index (χ2v) is 4.25. The van der Waals surface area contributed by atoms with Gasteiger partial charge < -0.3 is 10.1 Å². The van der Waals surface area contributed by atoms with Gasteiger partial charge in [-0.2, -0.15) is 0 Å². The number of ether oxygens (including phenoxy) is 1. The van der Waals surface area contributed by atoms with E-state index in [9.17, 15) is 9.59 Å². The average molecular weight is 291 g/mol. The maximum absolute atomic E-state index is 11.6. The van der Waals surface area contributed by atoms with E-state index in [0.29, 0.717) is 10.7 Å². The molecule has 6 heteroatoms. The molecule has 0 atom stereocenters. The van der Waals surface area contributed by atoms with E-state index < -0.39 is 11.9 Å². The number of pyridine rings is 1. The van der Waals surface area contributed by atoms with E-state index in [2.05, 4.69) is 10.3 Å². The Kier molecular flexibility index (Phi) is 4.68. The number of nitrogens with one attached hydrogen (secondary N) is 1. The molecule has 2 rings (SSSR count). The van der Waals surface area contributed by atoms with E-state index in [0.717, 1.165) is 0 Å². The monoisotopic (exact) mass is 290 g/mol. The number of hydrogen-bond acceptors (Lipinski definition) is 4. The zero-order valence-electron chi connectivity index (χ0n) is 10.4. The predicted molar refractivity (Wildman–Crippen MR) is 74.6 cm³/mol. The standard InChI is InChI=1S/C14H11ClN2O3/c15-11-5-1-2-6-12(11)17-13(18)9-20-14(19)10-4-3-7-16-8-10/h1-8H,9H2,(H,17,18). The summed E-state index contributed by atoms with van der Waals surface area (Å²) in [6, 6.07) is 9.97. The number of anilines is 1. The molecule has 0 bridgehead atoms. The highest BCUT2D eigenvalue weighted by atomic mass is 35.5. The number of esters is 1. The van der Waals surface area contributed by atoms with Crippen molar-refractivity contribution in [2.24, 2.45) is 0 Å². The Balaban J connectivity index is 1.87. The molecule has 0 spiro atoms. The highest BCUT2D eigenvalue weighted by Gasteiger charge is 2.11. The molecule has 0 unspecified atom stereocenters. The number of para-hydroxylation sites is 1. The highest BCUT2D eigenvalue weighted by Crippen LogP contribution is 2.20. The Morgan fingerprint density at radius 2 is 2.00 bits per heavy atom. The van der Waals surface area contributed by atoms with Crippen LogP contribution in [0.15, 0.2) is 48.8 Å². The van der Waals surface area contributed by atoms with Crippen LogP contribution in [0.2, 0.25) is 5.02 Å². The molecule has 0 aliphatic heterocycles. The van der Waals surface area contributed by atoms with Crippen LogP contribution in [0.4, 0.5) is 5.69 Å². The maximum Gasteiger partial charge on any atom is 0.340 e. The number of halogens is 1. The topological polar surface area (TPSA) is 68.3 Å². The van der Waals surface area contributed by atoms with Crippen molar-refractivity contribution in [1.29, 1.82) is 0 Å². The van der Waals surface area contributed by atoms with Gasteiger partial charge >= 0.3 is 5.97 Å². The first-order valence-electron chi connectivity index (χ1n) is 5.78. The van der Waals surface area contributed by atoms with Gasteiger partial charge in [-0.25, -0.2) is 4.79 Å². The molecule has 1 N–H and O–H groups in total. The van der Waals surface area contributed by atoms with E-state index in [1.807, 2.05) is 0 Å². The van der Waals surface area contributed by atoms with Crippen molar-refractivity contribution < 1.29 is 14.3 Å². The SMILES string of the molecule is O=C(COC(=O)c1cccnc1)Nc1ccccc1Cl. The number of rotatable bonds is 4. The van der Waals surface area contributed by atoms with Crippen LogP contribution >= 0.6 is 11.6 Å². The summed E-state index contributed by atoms with van der Waals surface area (Å²) in [5.74, 6) is -1.07. The van der Waals surface area contributed by atoms with Crippen LogP contribution in [0, 0.1) is 0 Å². The summed E-state index contributed by atoms with van der Waals surface area (Å²) in [4.78, 5) is 27.0. The highest BCUT2D eigenvalue weighted by molar-refractivity contribution is 6.33. The van der Waals surface area contributed by atoms with E-state index in [-0.39, 0.29) is 12.2 Å². The van der Waals surface area contributed by atoms with Gasteiger partial charge in [0.15, 0.2) is 6.61 Å². The van der Waals surface area contributed by atoms with Gasteiger partial charge in [0.25, 0.3) is 5.91 Å². The molecule has 2 aromatic rings. The molecule has 1 amide bonds. The summed E-state index contributed by atoms with van der Waals surface area (Å²) in [5, 5.41) is 2.97. The summed E-state index contributed by atoms with van der Waals surface area (Å²) in [6.45, 7) is -0.390. The lowest BCUT2D eigenvalue weighted by Gasteiger charge is -2.07. The summed E-state index contributed by atoms with van der Waals surface area (Å²) >= 11 is 5.90. The Morgan fingerprint density at radius 1 is 1.20 bits per heavy atom. The second-order valence-electron chi connectivity index (χ2n) is 3.85. The van der Waals surface area contributed by atoms with E-state index in [1.54, 1.807) is 42.6 Å². The largest absolute Gasteiger partial charge is 0.452 e. The lowest BCUT2D eigenvalue weighted by molar-refractivity contribution is -0.119. The first-order chi connectivity index (χ1) is 9.66. The third-order valence-electron chi connectivity index (χ3n) is 2.38. The minimum atomic E-state index is -0.604. The van der Waals surface area contributed by atoms with Crippen molar-refractivity contribution in [3.05, 3.63) is 59.4 Å². The van der Waals surface area contributed by atoms with Gasteiger partial charge in [0, 0.05) is 12.4 Å². The van der Waals surface area contributed by atoms with Crippen LogP contribution in [-0.2, 0) is 9.53 Å². The Bertz CT molecular complexity index is 617. The molecule has 102 valence electrons. The normalized spacial score (nSPS) is 9.85. The molecule has 0 fully saturated rings. The van der Waals surface area contributed by atoms with E-state index >= 15 is 0 Å². The molecule has 1 heterocycles. The van der Waals surface area contributed by atoms with Crippen molar-refractivity contribution in [3.8, 4) is 0 Å². The summed E-state index contributed by atoms with van der Waals surface area (Å²) < 4.78 is 4.87. The van der Waals surface area contributed by atoms with Crippen LogP contribution in [0.3, 0.4) is 0 Å². The van der Waals surface area contributed by atoms with Crippen LogP contribution in [0.25, 0.3) is 0 Å². The van der Waals surface area contributed by atoms with Gasteiger partial charge in [-0.15, -0.1) is 0 Å². The Hall–Kier alpha value is -2.40. The van der Waals surface area contributed by atoms with Gasteiger partial charge in [-0.3, -0.25) is 9.78 Å². The fourth-order valence-corrected chi connectivity index (χ4v) is 1.63. The fraction of sp³-hybridized carbons (Fsp3) is 0.0714. The molecule has 20 heavy (non-hydrogen) atoms. The van der Waals surface area contributed by atoms with Gasteiger partial charge in [-0.1, -0.05) is 23.7 Å². The van der Waals surface area contributed by atoms with Crippen molar-refractivity contribution in [2.75, 3.05) is 11.9 Å². The van der Waals surface area contributed by atoms with Crippen LogP contribution in [0.1, 0.15) is 10.4 Å². The minimum absolute atomic E-state index is 0.290. The summed E-state index contributed by atoms with van der Waals surface area (Å²) in [6.07, 6.45) is 2.91. The van der Waals surface area contributed by atoms with Crippen molar-refractivity contribution in [1.82, 2.24) is 4.98 Å². The summed E-state index contributed by atoms with van der Waals surface area (Å²) in [5.41, 5.74) is 0.759. The van der Waals surface area contributed by atoms with Crippen molar-refractivity contribution >= 4 is 29.2 Å². The van der Waals surface area contributed by atoms with Gasteiger partial charge in [0.1, 0.15) is 0 Å². The maximum atomic E-state index is 11.6. The zero-order valence-corrected chi connectivity index (χ0v) is 11.1. The number of aromatic nitrogens is 1. The van der Waals surface area contributed by atoms with Gasteiger partial charge in [0.05, 0.1) is 16.3 Å². The first kappa shape index (κ1) is 14.0. The Labute approximate surface area is 120 Å². The third kappa shape index (κ3) is 3.80. The molecule has 5 nitrogen and oxygen atoms in total. The molecule has 0 aliphatic rings. The molecule has 0 aliphatic carbocycles. The van der Waals surface area contributed by atoms with Gasteiger partial charge in [-0.05, 0) is 24.3 Å². The van der Waals surface area contributed by atoms with E-state index in [1.165, 1.54) is 6.20 Å². The number of carbonyl (C=O) groups excluding carboxylic acids is 2. The van der Waals surface area contributed by atoms with Crippen molar-refractivity contribution in [2.45, 2.75) is 0 Å². The van der Waals surface area contributed by atoms with Crippen molar-refractivity contribution in [3.63, 3.8) is 0 Å². The molecule has 1 aromatic carbocycles. The molecule has 1 aromatic heterocycles. The number of benzene rings is 1. The molecule has 0 saturated heterocycles. The minimum Gasteiger partial charge on any atom is -0.452 e. The number of carbonyl (C=O) groups is 2. The number of hydrogen-bond donors (Lipinski definition) is 1. The predicted octanol–water partition coefficient (Wildman–Crippen LogP) is 2.53. The smallest absolute Gasteiger partial charge is 0.340 e. The van der Waals surface area contributed by atoms with Crippen LogP contribution in [-0.4, -0.2) is 23.5 Å². The molecular formula is C14H11ClN2O3. The molecular weight excluding hydrogens is 280 g/mol. The van der Waals surface area contributed by atoms with Crippen LogP contribution in [0.5, 0.6) is 0 Å². The summed E-state index contributed by atoms with van der Waals surface area (Å²) in [7, 11) is 0. The number of nitrogens with zero attached hydrogens (tertiary/aromatic N) is 1.